The van der Waals surface area contributed by atoms with E-state index in [1.54, 1.807) is 6.07 Å². The van der Waals surface area contributed by atoms with Crippen molar-refractivity contribution < 1.29 is 19.4 Å². The first kappa shape index (κ1) is 30.3. The van der Waals surface area contributed by atoms with Crippen molar-refractivity contribution in [2.75, 3.05) is 13.2 Å². The maximum Gasteiger partial charge on any atom is 0.252 e. The van der Waals surface area contributed by atoms with Crippen LogP contribution < -0.4 is 10.1 Å². The number of nitrogens with zero attached hydrogens (tertiary/aromatic N) is 1. The van der Waals surface area contributed by atoms with Gasteiger partial charge in [0.2, 0.25) is 5.90 Å². The minimum Gasteiger partial charge on any atom is -0.494 e. The minimum atomic E-state index is -1.33. The van der Waals surface area contributed by atoms with Gasteiger partial charge in [0, 0.05) is 45.5 Å². The van der Waals surface area contributed by atoms with Crippen LogP contribution in [0.4, 0.5) is 0 Å². The lowest BCUT2D eigenvalue weighted by atomic mass is 9.82. The number of halogens is 3. The van der Waals surface area contributed by atoms with Crippen LogP contribution in [0.25, 0.3) is 0 Å². The van der Waals surface area contributed by atoms with Crippen molar-refractivity contribution in [1.82, 2.24) is 5.32 Å². The summed E-state index contributed by atoms with van der Waals surface area (Å²) in [6.07, 6.45) is 0.127. The number of amides is 1. The van der Waals surface area contributed by atoms with Crippen LogP contribution in [-0.4, -0.2) is 35.7 Å². The second-order valence-corrected chi connectivity index (χ2v) is 12.1. The molecule has 1 heterocycles. The number of hydrogen-bond acceptors (Lipinski definition) is 5. The smallest absolute Gasteiger partial charge is 0.252 e. The first-order valence-corrected chi connectivity index (χ1v) is 15.5. The van der Waals surface area contributed by atoms with Gasteiger partial charge in [-0.2, -0.15) is 0 Å². The van der Waals surface area contributed by atoms with Crippen molar-refractivity contribution in [2.24, 2.45) is 4.99 Å². The molecule has 42 heavy (non-hydrogen) atoms. The van der Waals surface area contributed by atoms with E-state index in [1.165, 1.54) is 0 Å². The molecule has 0 aliphatic carbocycles. The second-order valence-electron chi connectivity index (χ2n) is 9.88. The number of carbonyl (C=O) groups excluding carboxylic acids is 1. The number of aliphatic imine (C=N–C) groups is 1. The molecule has 2 N–H and O–H groups in total. The van der Waals surface area contributed by atoms with Gasteiger partial charge in [0.05, 0.1) is 6.61 Å². The molecular weight excluding hydrogens is 684 g/mol. The summed E-state index contributed by atoms with van der Waals surface area (Å²) in [7, 11) is 0. The fraction of sp³-hybridized carbons (Fsp3) is 0.212. The first-order valence-electron chi connectivity index (χ1n) is 13.5. The largest absolute Gasteiger partial charge is 0.494 e. The Balaban J connectivity index is 1.56. The topological polar surface area (TPSA) is 80.2 Å². The number of ether oxygens (including phenoxy) is 2. The lowest BCUT2D eigenvalue weighted by Gasteiger charge is -2.31. The highest BCUT2D eigenvalue weighted by Gasteiger charge is 2.53. The van der Waals surface area contributed by atoms with Gasteiger partial charge in [-0.3, -0.25) is 4.79 Å². The van der Waals surface area contributed by atoms with Gasteiger partial charge in [-0.25, -0.2) is 4.99 Å². The fourth-order valence-electron chi connectivity index (χ4n) is 4.82. The lowest BCUT2D eigenvalue weighted by molar-refractivity contribution is -0.129. The van der Waals surface area contributed by atoms with Gasteiger partial charge in [0.15, 0.2) is 11.6 Å². The number of rotatable bonds is 11. The second kappa shape index (κ2) is 13.9. The summed E-state index contributed by atoms with van der Waals surface area (Å²) in [5.41, 5.74) is 1.95. The summed E-state index contributed by atoms with van der Waals surface area (Å²) in [6.45, 7) is 0.728. The Morgan fingerprint density at radius 2 is 1.64 bits per heavy atom. The van der Waals surface area contributed by atoms with Crippen molar-refractivity contribution in [2.45, 2.75) is 31.0 Å². The van der Waals surface area contributed by atoms with Crippen LogP contribution in [0.15, 0.2) is 111 Å². The van der Waals surface area contributed by atoms with Crippen molar-refractivity contribution in [3.63, 3.8) is 0 Å². The molecule has 216 valence electrons. The molecule has 0 spiro atoms. The molecule has 1 aliphatic rings. The van der Waals surface area contributed by atoms with Crippen molar-refractivity contribution >= 4 is 55.3 Å². The quantitative estimate of drug-likeness (QED) is 0.159. The number of aliphatic hydroxyl groups is 1. The Kier molecular flexibility index (Phi) is 10.0. The first-order chi connectivity index (χ1) is 20.4. The van der Waals surface area contributed by atoms with E-state index in [-0.39, 0.29) is 25.5 Å². The van der Waals surface area contributed by atoms with Gasteiger partial charge in [-0.15, -0.1) is 0 Å². The van der Waals surface area contributed by atoms with Crippen LogP contribution in [0.5, 0.6) is 5.75 Å². The van der Waals surface area contributed by atoms with Crippen molar-refractivity contribution in [3.8, 4) is 5.75 Å². The molecule has 4 aromatic carbocycles. The highest BCUT2D eigenvalue weighted by atomic mass is 79.9. The molecule has 6 nitrogen and oxygen atoms in total. The van der Waals surface area contributed by atoms with E-state index in [1.807, 2.05) is 91.0 Å². The molecule has 9 heteroatoms. The standard InChI is InChI=1S/C33H29Br2ClN2O4/c34-26-14-10-22(11-15-26)30-33(20-24-6-1-3-8-28(24)35,32(40)37-21-25-7-2-4-9-29(25)36)38-31(42-30)23-12-16-27(17-13-23)41-19-5-18-39/h1-4,6-17,30,39H,5,18-21H2,(H,37,40)/t30-,33-/m1/s1. The van der Waals surface area contributed by atoms with E-state index < -0.39 is 11.6 Å². The molecule has 0 saturated carbocycles. The molecule has 4 aromatic rings. The van der Waals surface area contributed by atoms with Gasteiger partial charge in [0.1, 0.15) is 5.75 Å². The van der Waals surface area contributed by atoms with E-state index in [4.69, 9.17) is 31.2 Å². The van der Waals surface area contributed by atoms with Gasteiger partial charge in [-0.1, -0.05) is 92.0 Å². The Morgan fingerprint density at radius 1 is 0.952 bits per heavy atom. The molecule has 0 bridgehead atoms. The van der Waals surface area contributed by atoms with Crippen LogP contribution in [0, 0.1) is 0 Å². The maximum atomic E-state index is 14.4. The highest BCUT2D eigenvalue weighted by Crippen LogP contribution is 2.43. The number of benzene rings is 4. The maximum absolute atomic E-state index is 14.4. The normalized spacial score (nSPS) is 17.8. The Morgan fingerprint density at radius 3 is 2.33 bits per heavy atom. The zero-order valence-corrected chi connectivity index (χ0v) is 26.5. The average Bonchev–Trinajstić information content (AvgIpc) is 3.39. The van der Waals surface area contributed by atoms with Gasteiger partial charge < -0.3 is 19.9 Å². The van der Waals surface area contributed by atoms with E-state index in [9.17, 15) is 4.79 Å². The van der Waals surface area contributed by atoms with Crippen molar-refractivity contribution in [1.29, 1.82) is 0 Å². The average molecular weight is 713 g/mol. The number of hydrogen-bond donors (Lipinski definition) is 2. The molecule has 1 amide bonds. The molecule has 1 aliphatic heterocycles. The summed E-state index contributed by atoms with van der Waals surface area (Å²) in [5, 5.41) is 12.7. The van der Waals surface area contributed by atoms with Crippen LogP contribution >= 0.6 is 43.5 Å². The zero-order valence-electron chi connectivity index (χ0n) is 22.6. The van der Waals surface area contributed by atoms with Gasteiger partial charge in [-0.05, 0) is 65.2 Å². The third kappa shape index (κ3) is 6.89. The van der Waals surface area contributed by atoms with Crippen LogP contribution in [0.1, 0.15) is 34.8 Å². The van der Waals surface area contributed by atoms with Gasteiger partial charge in [0.25, 0.3) is 5.91 Å². The lowest BCUT2D eigenvalue weighted by Crippen LogP contribution is -2.49. The predicted octanol–water partition coefficient (Wildman–Crippen LogP) is 7.44. The summed E-state index contributed by atoms with van der Waals surface area (Å²) < 4.78 is 14.1. The molecule has 5 rings (SSSR count). The van der Waals surface area contributed by atoms with Crippen LogP contribution in [0.2, 0.25) is 5.02 Å². The monoisotopic (exact) mass is 710 g/mol. The van der Waals surface area contributed by atoms with E-state index in [0.717, 1.165) is 31.2 Å². The van der Waals surface area contributed by atoms with Crippen LogP contribution in [0.3, 0.4) is 0 Å². The number of aliphatic hydroxyl groups excluding tert-OH is 1. The van der Waals surface area contributed by atoms with Crippen molar-refractivity contribution in [3.05, 3.63) is 133 Å². The summed E-state index contributed by atoms with van der Waals surface area (Å²) in [4.78, 5) is 19.5. The molecule has 0 fully saturated rings. The molecule has 0 saturated heterocycles. The molecule has 0 unspecified atom stereocenters. The SMILES string of the molecule is O=C(NCc1ccccc1Cl)[C@]1(Cc2ccccc2Br)N=C(c2ccc(OCCCO)cc2)O[C@@H]1c1ccc(Br)cc1. The summed E-state index contributed by atoms with van der Waals surface area (Å²) in [6, 6.07) is 30.4. The minimum absolute atomic E-state index is 0.0678. The molecule has 0 radical (unpaired) electrons. The summed E-state index contributed by atoms with van der Waals surface area (Å²) >= 11 is 13.6. The molecular formula is C33H29Br2ClN2O4. The predicted molar refractivity (Wildman–Crippen MR) is 172 cm³/mol. The third-order valence-electron chi connectivity index (χ3n) is 7.02. The fourth-order valence-corrected chi connectivity index (χ4v) is 5.71. The van der Waals surface area contributed by atoms with Crippen LogP contribution in [-0.2, 0) is 22.5 Å². The highest BCUT2D eigenvalue weighted by molar-refractivity contribution is 9.10. The Bertz CT molecular complexity index is 1560. The van der Waals surface area contributed by atoms with E-state index in [0.29, 0.717) is 29.7 Å². The molecule has 2 atom stereocenters. The van der Waals surface area contributed by atoms with E-state index >= 15 is 0 Å². The van der Waals surface area contributed by atoms with E-state index in [2.05, 4.69) is 37.2 Å². The van der Waals surface area contributed by atoms with Gasteiger partial charge >= 0.3 is 0 Å². The zero-order chi connectivity index (χ0) is 29.5. The Labute approximate surface area is 267 Å². The Hall–Kier alpha value is -3.17. The molecule has 0 aromatic heterocycles. The summed E-state index contributed by atoms with van der Waals surface area (Å²) in [5.74, 6) is 0.766. The number of nitrogens with one attached hydrogen (secondary N) is 1. The third-order valence-corrected chi connectivity index (χ3v) is 8.69. The number of carbonyl (C=O) groups is 1.